The van der Waals surface area contributed by atoms with Crippen LogP contribution in [-0.2, 0) is 4.79 Å². The molecule has 0 saturated heterocycles. The van der Waals surface area contributed by atoms with Crippen molar-refractivity contribution in [1.82, 2.24) is 10.3 Å². The van der Waals surface area contributed by atoms with E-state index in [2.05, 4.69) is 36.4 Å². The molecule has 0 radical (unpaired) electrons. The van der Waals surface area contributed by atoms with Crippen molar-refractivity contribution in [3.05, 3.63) is 24.0 Å². The zero-order valence-corrected chi connectivity index (χ0v) is 12.4. The summed E-state index contributed by atoms with van der Waals surface area (Å²) >= 11 is 0. The lowest BCUT2D eigenvalue weighted by Crippen LogP contribution is -2.29. The van der Waals surface area contributed by atoms with E-state index < -0.39 is 0 Å². The lowest BCUT2D eigenvalue weighted by Gasteiger charge is -2.17. The number of carbonyl (C=O) groups excluding carboxylic acids is 1. The molecular weight excluding hydrogens is 238 g/mol. The van der Waals surface area contributed by atoms with Gasteiger partial charge in [0.25, 0.3) is 0 Å². The minimum absolute atomic E-state index is 0.128. The highest BCUT2D eigenvalue weighted by Gasteiger charge is 2.12. The molecule has 1 aromatic rings. The summed E-state index contributed by atoms with van der Waals surface area (Å²) in [4.78, 5) is 15.7. The molecule has 0 aliphatic carbocycles. The van der Waals surface area contributed by atoms with E-state index in [1.165, 1.54) is 0 Å². The maximum absolute atomic E-state index is 11.6. The Kier molecular flexibility index (Phi) is 5.80. The van der Waals surface area contributed by atoms with E-state index in [1.54, 1.807) is 6.20 Å². The van der Waals surface area contributed by atoms with Gasteiger partial charge in [-0.1, -0.05) is 20.8 Å². The lowest BCUT2D eigenvalue weighted by atomic mass is 9.90. The summed E-state index contributed by atoms with van der Waals surface area (Å²) in [6.07, 6.45) is 5.09. The van der Waals surface area contributed by atoms with Gasteiger partial charge in [-0.2, -0.15) is 0 Å². The van der Waals surface area contributed by atoms with Crippen molar-refractivity contribution in [3.8, 4) is 0 Å². The Morgan fingerprint density at radius 3 is 2.68 bits per heavy atom. The molecule has 0 bridgehead atoms. The van der Waals surface area contributed by atoms with Gasteiger partial charge in [-0.3, -0.25) is 9.78 Å². The Hall–Kier alpha value is -1.58. The van der Waals surface area contributed by atoms with Gasteiger partial charge in [0.1, 0.15) is 0 Å². The predicted octanol–water partition coefficient (Wildman–Crippen LogP) is 2.74. The average molecular weight is 263 g/mol. The summed E-state index contributed by atoms with van der Waals surface area (Å²) in [5.74, 6) is 0.128. The topological polar surface area (TPSA) is 54.0 Å². The molecule has 1 amide bonds. The molecule has 106 valence electrons. The fraction of sp³-hybridized carbons (Fsp3) is 0.600. The smallest absolute Gasteiger partial charge is 0.220 e. The van der Waals surface area contributed by atoms with Crippen molar-refractivity contribution in [3.63, 3.8) is 0 Å². The minimum Gasteiger partial charge on any atom is -0.383 e. The van der Waals surface area contributed by atoms with E-state index in [9.17, 15) is 4.79 Å². The van der Waals surface area contributed by atoms with Crippen molar-refractivity contribution in [2.45, 2.75) is 40.5 Å². The third-order valence-electron chi connectivity index (χ3n) is 2.88. The summed E-state index contributed by atoms with van der Waals surface area (Å²) in [5, 5.41) is 6.21. The predicted molar refractivity (Wildman–Crippen MR) is 79.2 cm³/mol. The third-order valence-corrected chi connectivity index (χ3v) is 2.88. The van der Waals surface area contributed by atoms with Crippen LogP contribution in [0, 0.1) is 12.3 Å². The number of amides is 1. The molecule has 1 rings (SSSR count). The van der Waals surface area contributed by atoms with Crippen LogP contribution in [0.3, 0.4) is 0 Å². The number of rotatable bonds is 6. The second kappa shape index (κ2) is 7.12. The molecule has 0 aliphatic rings. The largest absolute Gasteiger partial charge is 0.383 e. The molecule has 0 aromatic carbocycles. The van der Waals surface area contributed by atoms with Gasteiger partial charge in [0.05, 0.1) is 0 Å². The van der Waals surface area contributed by atoms with E-state index in [1.807, 2.05) is 19.2 Å². The number of nitrogens with one attached hydrogen (secondary N) is 2. The number of aryl methyl sites for hydroxylation is 1. The molecule has 2 N–H and O–H groups in total. The molecule has 19 heavy (non-hydrogen) atoms. The van der Waals surface area contributed by atoms with Crippen molar-refractivity contribution in [1.29, 1.82) is 0 Å². The molecule has 4 heteroatoms. The number of hydrogen-bond donors (Lipinski definition) is 2. The highest BCUT2D eigenvalue weighted by atomic mass is 16.1. The normalized spacial score (nSPS) is 11.2. The minimum atomic E-state index is 0.128. The molecule has 0 spiro atoms. The Morgan fingerprint density at radius 2 is 2.05 bits per heavy atom. The molecule has 1 heterocycles. The summed E-state index contributed by atoms with van der Waals surface area (Å²) in [6, 6.07) is 1.94. The van der Waals surface area contributed by atoms with Crippen molar-refractivity contribution >= 4 is 11.6 Å². The molecule has 0 unspecified atom stereocenters. The van der Waals surface area contributed by atoms with Crippen LogP contribution in [0.1, 0.15) is 39.2 Å². The van der Waals surface area contributed by atoms with Crippen molar-refractivity contribution in [2.75, 3.05) is 18.4 Å². The first kappa shape index (κ1) is 15.5. The molecule has 4 nitrogen and oxygen atoms in total. The molecule has 0 fully saturated rings. The Bertz CT molecular complexity index is 410. The van der Waals surface area contributed by atoms with Gasteiger partial charge < -0.3 is 10.6 Å². The standard InChI is InChI=1S/C15H25N3O/c1-12-11-16-8-6-13(12)17-9-10-18-14(19)5-7-15(2,3)4/h6,8,11H,5,7,9-10H2,1-4H3,(H,16,17)(H,18,19). The van der Waals surface area contributed by atoms with Gasteiger partial charge in [0.15, 0.2) is 0 Å². The first-order chi connectivity index (χ1) is 8.88. The van der Waals surface area contributed by atoms with Crippen molar-refractivity contribution in [2.24, 2.45) is 5.41 Å². The Balaban J connectivity index is 2.17. The number of carbonyl (C=O) groups is 1. The third kappa shape index (κ3) is 6.79. The molecular formula is C15H25N3O. The first-order valence-electron chi connectivity index (χ1n) is 6.80. The van der Waals surface area contributed by atoms with E-state index in [4.69, 9.17) is 0 Å². The number of pyridine rings is 1. The number of anilines is 1. The van der Waals surface area contributed by atoms with E-state index in [0.29, 0.717) is 13.0 Å². The van der Waals surface area contributed by atoms with Crippen LogP contribution in [0.5, 0.6) is 0 Å². The second-order valence-electron chi connectivity index (χ2n) is 6.03. The lowest BCUT2D eigenvalue weighted by molar-refractivity contribution is -0.121. The monoisotopic (exact) mass is 263 g/mol. The zero-order chi connectivity index (χ0) is 14.3. The van der Waals surface area contributed by atoms with Crippen molar-refractivity contribution < 1.29 is 4.79 Å². The molecule has 1 aromatic heterocycles. The molecule has 0 atom stereocenters. The van der Waals surface area contributed by atoms with Crippen LogP contribution in [0.15, 0.2) is 18.5 Å². The second-order valence-corrected chi connectivity index (χ2v) is 6.03. The number of hydrogen-bond acceptors (Lipinski definition) is 3. The Morgan fingerprint density at radius 1 is 1.32 bits per heavy atom. The Labute approximate surface area is 116 Å². The van der Waals surface area contributed by atoms with E-state index in [0.717, 1.165) is 24.2 Å². The maximum Gasteiger partial charge on any atom is 0.220 e. The van der Waals surface area contributed by atoms with E-state index >= 15 is 0 Å². The maximum atomic E-state index is 11.6. The number of nitrogens with zero attached hydrogens (tertiary/aromatic N) is 1. The highest BCUT2D eigenvalue weighted by Crippen LogP contribution is 2.20. The van der Waals surface area contributed by atoms with Gasteiger partial charge in [0.2, 0.25) is 5.91 Å². The van der Waals surface area contributed by atoms with Crippen LogP contribution in [0.2, 0.25) is 0 Å². The highest BCUT2D eigenvalue weighted by molar-refractivity contribution is 5.75. The van der Waals surface area contributed by atoms with Gasteiger partial charge in [-0.15, -0.1) is 0 Å². The van der Waals surface area contributed by atoms with Gasteiger partial charge in [-0.25, -0.2) is 0 Å². The summed E-state index contributed by atoms with van der Waals surface area (Å²) in [5.41, 5.74) is 2.39. The van der Waals surface area contributed by atoms with Crippen LogP contribution in [0.25, 0.3) is 0 Å². The molecule has 0 saturated carbocycles. The summed E-state index contributed by atoms with van der Waals surface area (Å²) < 4.78 is 0. The quantitative estimate of drug-likeness (QED) is 0.776. The van der Waals surface area contributed by atoms with Crippen LogP contribution in [0.4, 0.5) is 5.69 Å². The molecule has 0 aliphatic heterocycles. The van der Waals surface area contributed by atoms with Crippen LogP contribution >= 0.6 is 0 Å². The van der Waals surface area contributed by atoms with Gasteiger partial charge in [0, 0.05) is 37.6 Å². The van der Waals surface area contributed by atoms with Crippen LogP contribution in [-0.4, -0.2) is 24.0 Å². The number of aromatic nitrogens is 1. The first-order valence-corrected chi connectivity index (χ1v) is 6.80. The van der Waals surface area contributed by atoms with Gasteiger partial charge >= 0.3 is 0 Å². The summed E-state index contributed by atoms with van der Waals surface area (Å²) in [6.45, 7) is 9.82. The van der Waals surface area contributed by atoms with E-state index in [-0.39, 0.29) is 11.3 Å². The fourth-order valence-corrected chi connectivity index (χ4v) is 1.65. The fourth-order valence-electron chi connectivity index (χ4n) is 1.65. The zero-order valence-electron chi connectivity index (χ0n) is 12.4. The SMILES string of the molecule is Cc1cnccc1NCCNC(=O)CCC(C)(C)C. The average Bonchev–Trinajstić information content (AvgIpc) is 2.33. The van der Waals surface area contributed by atoms with Gasteiger partial charge in [-0.05, 0) is 30.4 Å². The summed E-state index contributed by atoms with van der Waals surface area (Å²) in [7, 11) is 0. The van der Waals surface area contributed by atoms with Crippen LogP contribution < -0.4 is 10.6 Å².